The highest BCUT2D eigenvalue weighted by molar-refractivity contribution is 7.92. The summed E-state index contributed by atoms with van der Waals surface area (Å²) in [6.07, 6.45) is 0.176. The van der Waals surface area contributed by atoms with Crippen molar-refractivity contribution in [3.8, 4) is 6.07 Å². The number of rotatable bonds is 4. The molecular weight excluding hydrogens is 194 g/mol. The number of nitriles is 1. The molecule has 5 nitrogen and oxygen atoms in total. The first kappa shape index (κ1) is 11.9. The van der Waals surface area contributed by atoms with Gasteiger partial charge in [-0.25, -0.2) is 8.42 Å². The molecule has 1 unspecified atom stereocenters. The van der Waals surface area contributed by atoms with Crippen LogP contribution in [-0.2, 0) is 19.4 Å². The monoisotopic (exact) mass is 205 g/mol. The molecule has 0 saturated carbocycles. The van der Waals surface area contributed by atoms with Crippen molar-refractivity contribution < 1.29 is 17.9 Å². The van der Waals surface area contributed by atoms with Gasteiger partial charge in [0.15, 0.2) is 9.84 Å². The van der Waals surface area contributed by atoms with Gasteiger partial charge in [0.25, 0.3) is 0 Å². The van der Waals surface area contributed by atoms with Crippen LogP contribution < -0.4 is 0 Å². The molecule has 0 saturated heterocycles. The average Bonchev–Trinajstić information content (AvgIpc) is 2.05. The summed E-state index contributed by atoms with van der Waals surface area (Å²) >= 11 is 0. The molecule has 0 bridgehead atoms. The Labute approximate surface area is 77.2 Å². The summed E-state index contributed by atoms with van der Waals surface area (Å²) in [7, 11) is -2.57. The Kier molecular flexibility index (Phi) is 4.42. The van der Waals surface area contributed by atoms with Gasteiger partial charge < -0.3 is 4.74 Å². The van der Waals surface area contributed by atoms with Crippen molar-refractivity contribution in [1.29, 1.82) is 5.26 Å². The van der Waals surface area contributed by atoms with E-state index < -0.39 is 26.8 Å². The summed E-state index contributed by atoms with van der Waals surface area (Å²) in [5.74, 6) is -1.57. The molecule has 0 rings (SSSR count). The maximum Gasteiger partial charge on any atom is 0.320 e. The van der Waals surface area contributed by atoms with Gasteiger partial charge >= 0.3 is 5.97 Å². The number of nitrogens with zero attached hydrogens (tertiary/aromatic N) is 1. The average molecular weight is 205 g/mol. The van der Waals surface area contributed by atoms with Gasteiger partial charge in [-0.1, -0.05) is 6.92 Å². The van der Waals surface area contributed by atoms with Crippen LogP contribution in [0, 0.1) is 11.3 Å². The highest BCUT2D eigenvalue weighted by Gasteiger charge is 2.26. The molecular formula is C7H11NO4S. The molecule has 74 valence electrons. The quantitative estimate of drug-likeness (QED) is 0.597. The van der Waals surface area contributed by atoms with Crippen molar-refractivity contribution in [1.82, 2.24) is 0 Å². The highest BCUT2D eigenvalue weighted by Crippen LogP contribution is 2.05. The number of carbonyl (C=O) groups is 1. The smallest absolute Gasteiger partial charge is 0.320 e. The third kappa shape index (κ3) is 3.42. The zero-order valence-corrected chi connectivity index (χ0v) is 8.30. The van der Waals surface area contributed by atoms with E-state index in [4.69, 9.17) is 5.26 Å². The summed E-state index contributed by atoms with van der Waals surface area (Å²) in [6.45, 7) is 1.57. The van der Waals surface area contributed by atoms with E-state index >= 15 is 0 Å². The molecule has 0 aromatic heterocycles. The van der Waals surface area contributed by atoms with E-state index in [-0.39, 0.29) is 6.42 Å². The molecule has 1 atom stereocenters. The van der Waals surface area contributed by atoms with E-state index in [0.29, 0.717) is 0 Å². The van der Waals surface area contributed by atoms with Crippen LogP contribution in [0.5, 0.6) is 0 Å². The first-order chi connectivity index (χ1) is 5.97. The van der Waals surface area contributed by atoms with Gasteiger partial charge in [0.05, 0.1) is 13.2 Å². The Morgan fingerprint density at radius 3 is 2.46 bits per heavy atom. The molecule has 0 heterocycles. The van der Waals surface area contributed by atoms with Crippen LogP contribution in [0.15, 0.2) is 0 Å². The van der Waals surface area contributed by atoms with Crippen LogP contribution in [0.1, 0.15) is 13.3 Å². The summed E-state index contributed by atoms with van der Waals surface area (Å²) in [5, 5.41) is 7.35. The molecule has 0 aromatic carbocycles. The summed E-state index contributed by atoms with van der Waals surface area (Å²) in [4.78, 5) is 10.7. The van der Waals surface area contributed by atoms with Crippen LogP contribution in [-0.4, -0.2) is 32.5 Å². The van der Waals surface area contributed by atoms with Crippen molar-refractivity contribution >= 4 is 15.8 Å². The van der Waals surface area contributed by atoms with Crippen LogP contribution in [0.2, 0.25) is 0 Å². The van der Waals surface area contributed by atoms with E-state index in [1.165, 1.54) is 0 Å². The predicted molar refractivity (Wildman–Crippen MR) is 45.5 cm³/mol. The molecule has 0 aromatic rings. The molecule has 0 radical (unpaired) electrons. The third-order valence-electron chi connectivity index (χ3n) is 1.49. The van der Waals surface area contributed by atoms with Gasteiger partial charge in [0.1, 0.15) is 11.0 Å². The highest BCUT2D eigenvalue weighted by atomic mass is 32.2. The topological polar surface area (TPSA) is 84.2 Å². The van der Waals surface area contributed by atoms with Gasteiger partial charge in [-0.15, -0.1) is 0 Å². The van der Waals surface area contributed by atoms with Gasteiger partial charge in [0, 0.05) is 0 Å². The maximum atomic E-state index is 11.2. The minimum atomic E-state index is -3.67. The number of methoxy groups -OCH3 is 1. The summed E-state index contributed by atoms with van der Waals surface area (Å²) in [6, 6.07) is 1.63. The lowest BCUT2D eigenvalue weighted by atomic mass is 10.4. The fourth-order valence-electron chi connectivity index (χ4n) is 0.749. The van der Waals surface area contributed by atoms with E-state index in [1.807, 2.05) is 0 Å². The largest absolute Gasteiger partial charge is 0.468 e. The lowest BCUT2D eigenvalue weighted by molar-refractivity contribution is -0.137. The lowest BCUT2D eigenvalue weighted by Gasteiger charge is -2.06. The molecule has 0 amide bonds. The molecule has 0 aliphatic rings. The molecule has 0 N–H and O–H groups in total. The fourth-order valence-corrected chi connectivity index (χ4v) is 2.07. The minimum absolute atomic E-state index is 0.176. The molecule has 0 aliphatic heterocycles. The Hall–Kier alpha value is -1.09. The molecule has 0 aliphatic carbocycles. The number of carbonyl (C=O) groups excluding carboxylic acids is 1. The van der Waals surface area contributed by atoms with Crippen LogP contribution in [0.3, 0.4) is 0 Å². The molecule has 0 fully saturated rings. The van der Waals surface area contributed by atoms with Gasteiger partial charge in [-0.3, -0.25) is 4.79 Å². The number of hydrogen-bond acceptors (Lipinski definition) is 5. The van der Waals surface area contributed by atoms with Crippen LogP contribution in [0.4, 0.5) is 0 Å². The second-order valence-electron chi connectivity index (χ2n) is 2.41. The van der Waals surface area contributed by atoms with Crippen molar-refractivity contribution in [3.05, 3.63) is 0 Å². The summed E-state index contributed by atoms with van der Waals surface area (Å²) in [5.41, 5.74) is 0. The second kappa shape index (κ2) is 4.82. The Morgan fingerprint density at radius 2 is 2.15 bits per heavy atom. The zero-order valence-electron chi connectivity index (χ0n) is 7.48. The van der Waals surface area contributed by atoms with E-state index in [2.05, 4.69) is 4.74 Å². The van der Waals surface area contributed by atoms with E-state index in [9.17, 15) is 13.2 Å². The number of esters is 1. The predicted octanol–water partition coefficient (Wildman–Crippen LogP) is -0.124. The van der Waals surface area contributed by atoms with Crippen molar-refractivity contribution in [2.24, 2.45) is 0 Å². The minimum Gasteiger partial charge on any atom is -0.468 e. The molecule has 13 heavy (non-hydrogen) atoms. The first-order valence-electron chi connectivity index (χ1n) is 3.66. The Balaban J connectivity index is 4.59. The number of ether oxygens (including phenoxy) is 1. The van der Waals surface area contributed by atoms with E-state index in [1.54, 1.807) is 13.0 Å². The Bertz CT molecular complexity index is 314. The standard InChI is InChI=1S/C7H11NO4S/c1-3-6(4-8)13(10,11)5-7(9)12-2/h6H,3,5H2,1-2H3. The summed E-state index contributed by atoms with van der Waals surface area (Å²) < 4.78 is 26.7. The van der Waals surface area contributed by atoms with Gasteiger partial charge in [0.2, 0.25) is 0 Å². The van der Waals surface area contributed by atoms with Crippen molar-refractivity contribution in [2.75, 3.05) is 12.9 Å². The van der Waals surface area contributed by atoms with E-state index in [0.717, 1.165) is 7.11 Å². The lowest BCUT2D eigenvalue weighted by Crippen LogP contribution is -2.27. The zero-order chi connectivity index (χ0) is 10.5. The molecule has 0 spiro atoms. The van der Waals surface area contributed by atoms with Gasteiger partial charge in [-0.05, 0) is 6.42 Å². The second-order valence-corrected chi connectivity index (χ2v) is 4.59. The van der Waals surface area contributed by atoms with Crippen molar-refractivity contribution in [3.63, 3.8) is 0 Å². The SMILES string of the molecule is CCC(C#N)S(=O)(=O)CC(=O)OC. The molecule has 6 heteroatoms. The first-order valence-corrected chi connectivity index (χ1v) is 5.37. The maximum absolute atomic E-state index is 11.2. The third-order valence-corrected chi connectivity index (χ3v) is 3.44. The van der Waals surface area contributed by atoms with Gasteiger partial charge in [-0.2, -0.15) is 5.26 Å². The van der Waals surface area contributed by atoms with Crippen molar-refractivity contribution in [2.45, 2.75) is 18.6 Å². The fraction of sp³-hybridized carbons (Fsp3) is 0.714. The Morgan fingerprint density at radius 1 is 1.62 bits per heavy atom. The number of hydrogen-bond donors (Lipinski definition) is 0. The van der Waals surface area contributed by atoms with Crippen LogP contribution in [0.25, 0.3) is 0 Å². The number of sulfone groups is 1. The van der Waals surface area contributed by atoms with Crippen LogP contribution >= 0.6 is 0 Å². The normalized spacial score (nSPS) is 13.0.